The minimum absolute atomic E-state index is 0.0150. The first kappa shape index (κ1) is 25.8. The smallest absolute Gasteiger partial charge is 0.217 e. The summed E-state index contributed by atoms with van der Waals surface area (Å²) in [6.45, 7) is 10.5. The van der Waals surface area contributed by atoms with Crippen LogP contribution in [-0.4, -0.2) is 50.2 Å². The molecule has 0 heterocycles. The summed E-state index contributed by atoms with van der Waals surface area (Å²) >= 11 is 0. The van der Waals surface area contributed by atoms with Gasteiger partial charge in [-0.1, -0.05) is 59.3 Å². The Bertz CT molecular complexity index is 381. The SMILES string of the molecule is CCCCCC[N+](CCCCCC)(CCCCCC)CCOS(=O)(=O)[O-]. The third-order valence-corrected chi connectivity index (χ3v) is 5.71. The highest BCUT2D eigenvalue weighted by atomic mass is 32.3. The summed E-state index contributed by atoms with van der Waals surface area (Å²) in [5.41, 5.74) is 0. The van der Waals surface area contributed by atoms with Gasteiger partial charge in [-0.3, -0.25) is 4.18 Å². The highest BCUT2D eigenvalue weighted by Crippen LogP contribution is 2.17. The molecule has 0 aromatic carbocycles. The Morgan fingerprint density at radius 3 is 1.35 bits per heavy atom. The van der Waals surface area contributed by atoms with Gasteiger partial charge in [-0.2, -0.15) is 0 Å². The molecule has 0 aliphatic carbocycles. The quantitative estimate of drug-likeness (QED) is 0.134. The molecule has 0 bridgehead atoms. The number of quaternary nitrogens is 1. The van der Waals surface area contributed by atoms with Gasteiger partial charge in [0.15, 0.2) is 0 Å². The van der Waals surface area contributed by atoms with Crippen LogP contribution < -0.4 is 0 Å². The van der Waals surface area contributed by atoms with E-state index in [1.165, 1.54) is 77.0 Å². The van der Waals surface area contributed by atoms with Gasteiger partial charge in [0.1, 0.15) is 13.2 Å². The number of hydrogen-bond donors (Lipinski definition) is 0. The molecule has 0 spiro atoms. The lowest BCUT2D eigenvalue weighted by molar-refractivity contribution is -0.929. The molecule has 0 radical (unpaired) electrons. The molecule has 0 atom stereocenters. The summed E-state index contributed by atoms with van der Waals surface area (Å²) in [4.78, 5) is 0. The Morgan fingerprint density at radius 1 is 0.654 bits per heavy atom. The molecule has 0 fully saturated rings. The lowest BCUT2D eigenvalue weighted by Gasteiger charge is -2.39. The van der Waals surface area contributed by atoms with Crippen molar-refractivity contribution in [2.45, 2.75) is 97.8 Å². The molecule has 26 heavy (non-hydrogen) atoms. The maximum atomic E-state index is 10.8. The van der Waals surface area contributed by atoms with Crippen LogP contribution in [0.2, 0.25) is 0 Å². The molecule has 0 amide bonds. The molecule has 0 aliphatic heterocycles. The summed E-state index contributed by atoms with van der Waals surface area (Å²) in [6.07, 6.45) is 14.5. The second kappa shape index (κ2) is 15.8. The largest absolute Gasteiger partial charge is 0.726 e. The van der Waals surface area contributed by atoms with Gasteiger partial charge in [0.2, 0.25) is 10.4 Å². The van der Waals surface area contributed by atoms with E-state index in [1.807, 2.05) is 0 Å². The van der Waals surface area contributed by atoms with Crippen molar-refractivity contribution < 1.29 is 21.6 Å². The highest BCUT2D eigenvalue weighted by molar-refractivity contribution is 7.80. The van der Waals surface area contributed by atoms with Crippen molar-refractivity contribution in [3.8, 4) is 0 Å². The minimum Gasteiger partial charge on any atom is -0.726 e. The Morgan fingerprint density at radius 2 is 1.04 bits per heavy atom. The number of nitrogens with zero attached hydrogens (tertiary/aromatic N) is 1. The van der Waals surface area contributed by atoms with E-state index in [1.54, 1.807) is 0 Å². The van der Waals surface area contributed by atoms with Crippen molar-refractivity contribution in [2.75, 3.05) is 32.8 Å². The fourth-order valence-corrected chi connectivity index (χ4v) is 3.90. The van der Waals surface area contributed by atoms with Crippen molar-refractivity contribution in [3.05, 3.63) is 0 Å². The van der Waals surface area contributed by atoms with Crippen LogP contribution in [0.25, 0.3) is 0 Å². The molecule has 0 aliphatic rings. The molecule has 0 rings (SSSR count). The zero-order chi connectivity index (χ0) is 19.7. The summed E-state index contributed by atoms with van der Waals surface area (Å²) in [5, 5.41) is 0. The molecule has 0 aromatic heterocycles. The lowest BCUT2D eigenvalue weighted by atomic mass is 10.1. The molecule has 0 aromatic rings. The maximum Gasteiger partial charge on any atom is 0.217 e. The number of rotatable bonds is 19. The summed E-state index contributed by atoms with van der Waals surface area (Å²) in [6, 6.07) is 0. The van der Waals surface area contributed by atoms with Crippen LogP contribution in [0.15, 0.2) is 0 Å². The summed E-state index contributed by atoms with van der Waals surface area (Å²) in [7, 11) is -4.59. The second-order valence-corrected chi connectivity index (χ2v) is 8.70. The van der Waals surface area contributed by atoms with E-state index in [0.29, 0.717) is 6.54 Å². The van der Waals surface area contributed by atoms with E-state index in [0.717, 1.165) is 24.1 Å². The summed E-state index contributed by atoms with van der Waals surface area (Å²) in [5.74, 6) is 0. The van der Waals surface area contributed by atoms with E-state index >= 15 is 0 Å². The number of unbranched alkanes of at least 4 members (excludes halogenated alkanes) is 9. The lowest BCUT2D eigenvalue weighted by Crippen LogP contribution is -2.52. The third kappa shape index (κ3) is 14.9. The normalized spacial score (nSPS) is 12.6. The van der Waals surface area contributed by atoms with Crippen LogP contribution in [0.1, 0.15) is 97.8 Å². The van der Waals surface area contributed by atoms with Crippen molar-refractivity contribution in [2.24, 2.45) is 0 Å². The molecule has 5 nitrogen and oxygen atoms in total. The van der Waals surface area contributed by atoms with Gasteiger partial charge in [0, 0.05) is 0 Å². The van der Waals surface area contributed by atoms with E-state index in [-0.39, 0.29) is 6.61 Å². The first-order chi connectivity index (χ1) is 12.4. The molecule has 6 heteroatoms. The Hall–Kier alpha value is -0.170. The van der Waals surface area contributed by atoms with Gasteiger partial charge in [-0.05, 0) is 38.5 Å². The van der Waals surface area contributed by atoms with Crippen LogP contribution in [-0.2, 0) is 14.6 Å². The van der Waals surface area contributed by atoms with Crippen LogP contribution in [0, 0.1) is 0 Å². The van der Waals surface area contributed by atoms with Gasteiger partial charge < -0.3 is 9.04 Å². The summed E-state index contributed by atoms with van der Waals surface area (Å²) < 4.78 is 38.0. The third-order valence-electron chi connectivity index (χ3n) is 5.25. The standard InChI is InChI=1S/C20H43NO4S/c1-4-7-10-13-16-21(17-14-11-8-5-2,18-15-12-9-6-3)19-20-25-26(22,23)24/h4-20H2,1-3H3. The molecule has 0 saturated carbocycles. The van der Waals surface area contributed by atoms with Gasteiger partial charge in [0.05, 0.1) is 19.6 Å². The Kier molecular flexibility index (Phi) is 15.7. The Balaban J connectivity index is 4.83. The highest BCUT2D eigenvalue weighted by Gasteiger charge is 2.26. The van der Waals surface area contributed by atoms with Crippen LogP contribution in [0.4, 0.5) is 0 Å². The van der Waals surface area contributed by atoms with Crippen LogP contribution >= 0.6 is 0 Å². The van der Waals surface area contributed by atoms with Crippen LogP contribution in [0.3, 0.4) is 0 Å². The first-order valence-corrected chi connectivity index (χ1v) is 12.2. The fourth-order valence-electron chi connectivity index (χ4n) is 3.63. The van der Waals surface area contributed by atoms with Crippen molar-refractivity contribution in [1.82, 2.24) is 0 Å². The van der Waals surface area contributed by atoms with E-state index in [4.69, 9.17) is 0 Å². The molecular formula is C20H43NO4S. The van der Waals surface area contributed by atoms with E-state index < -0.39 is 10.4 Å². The molecule has 158 valence electrons. The van der Waals surface area contributed by atoms with Gasteiger partial charge in [-0.25, -0.2) is 8.42 Å². The predicted octanol–water partition coefficient (Wildman–Crippen LogP) is 5.02. The van der Waals surface area contributed by atoms with E-state index in [9.17, 15) is 13.0 Å². The van der Waals surface area contributed by atoms with E-state index in [2.05, 4.69) is 25.0 Å². The van der Waals surface area contributed by atoms with Crippen molar-refractivity contribution >= 4 is 10.4 Å². The van der Waals surface area contributed by atoms with Gasteiger partial charge in [0.25, 0.3) is 0 Å². The average Bonchev–Trinajstić information content (AvgIpc) is 2.58. The van der Waals surface area contributed by atoms with Crippen molar-refractivity contribution in [1.29, 1.82) is 0 Å². The maximum absolute atomic E-state index is 10.8. The fraction of sp³-hybridized carbons (Fsp3) is 1.00. The monoisotopic (exact) mass is 393 g/mol. The van der Waals surface area contributed by atoms with Gasteiger partial charge in [-0.15, -0.1) is 0 Å². The zero-order valence-corrected chi connectivity index (χ0v) is 18.3. The Labute approximate surface area is 163 Å². The first-order valence-electron chi connectivity index (χ1n) is 10.8. The topological polar surface area (TPSA) is 66.4 Å². The molecular weight excluding hydrogens is 350 g/mol. The average molecular weight is 394 g/mol. The molecule has 0 unspecified atom stereocenters. The predicted molar refractivity (Wildman–Crippen MR) is 108 cm³/mol. The zero-order valence-electron chi connectivity index (χ0n) is 17.5. The minimum atomic E-state index is -4.59. The van der Waals surface area contributed by atoms with Gasteiger partial charge >= 0.3 is 0 Å². The molecule has 0 saturated heterocycles. The van der Waals surface area contributed by atoms with Crippen molar-refractivity contribution in [3.63, 3.8) is 0 Å². The van der Waals surface area contributed by atoms with Crippen LogP contribution in [0.5, 0.6) is 0 Å². The molecule has 0 N–H and O–H groups in total. The second-order valence-electron chi connectivity index (χ2n) is 7.65. The number of hydrogen-bond acceptors (Lipinski definition) is 4.